The minimum atomic E-state index is 0.373. The van der Waals surface area contributed by atoms with Gasteiger partial charge >= 0.3 is 0 Å². The van der Waals surface area contributed by atoms with Gasteiger partial charge in [-0.25, -0.2) is 0 Å². The molecule has 0 radical (unpaired) electrons. The molecule has 0 aliphatic heterocycles. The molecule has 2 rings (SSSR count). The summed E-state index contributed by atoms with van der Waals surface area (Å²) in [5.74, 6) is 0.599. The zero-order valence-electron chi connectivity index (χ0n) is 12.2. The third-order valence-corrected chi connectivity index (χ3v) is 4.63. The van der Waals surface area contributed by atoms with Crippen molar-refractivity contribution in [1.82, 2.24) is 5.32 Å². The summed E-state index contributed by atoms with van der Waals surface area (Å²) in [7, 11) is 0. The molecule has 0 spiro atoms. The van der Waals surface area contributed by atoms with E-state index in [2.05, 4.69) is 74.8 Å². The highest BCUT2D eigenvalue weighted by Gasteiger charge is 2.11. The van der Waals surface area contributed by atoms with Crippen LogP contribution in [0.15, 0.2) is 41.8 Å². The SMILES string of the molecule is CC(C)c1ccc(C(C)N[C@H](C)c2cccs2)cc1. The van der Waals surface area contributed by atoms with Crippen molar-refractivity contribution in [2.24, 2.45) is 0 Å². The van der Waals surface area contributed by atoms with Crippen molar-refractivity contribution in [3.05, 3.63) is 57.8 Å². The summed E-state index contributed by atoms with van der Waals surface area (Å²) in [4.78, 5) is 1.39. The summed E-state index contributed by atoms with van der Waals surface area (Å²) in [5.41, 5.74) is 2.76. The summed E-state index contributed by atoms with van der Waals surface area (Å²) >= 11 is 1.81. The normalized spacial score (nSPS) is 14.6. The van der Waals surface area contributed by atoms with Crippen molar-refractivity contribution < 1.29 is 0 Å². The summed E-state index contributed by atoms with van der Waals surface area (Å²) in [5, 5.41) is 5.79. The molecule has 0 saturated carbocycles. The van der Waals surface area contributed by atoms with Crippen LogP contribution in [0, 0.1) is 0 Å². The lowest BCUT2D eigenvalue weighted by Crippen LogP contribution is -2.21. The summed E-state index contributed by atoms with van der Waals surface area (Å²) in [6, 6.07) is 14.1. The summed E-state index contributed by atoms with van der Waals surface area (Å²) < 4.78 is 0. The lowest BCUT2D eigenvalue weighted by atomic mass is 9.99. The van der Waals surface area contributed by atoms with Gasteiger partial charge in [0.15, 0.2) is 0 Å². The monoisotopic (exact) mass is 273 g/mol. The van der Waals surface area contributed by atoms with Crippen molar-refractivity contribution in [1.29, 1.82) is 0 Å². The van der Waals surface area contributed by atoms with Gasteiger partial charge in [-0.05, 0) is 42.3 Å². The van der Waals surface area contributed by atoms with Crippen molar-refractivity contribution in [3.8, 4) is 0 Å². The predicted molar refractivity (Wildman–Crippen MR) is 84.8 cm³/mol. The molecule has 1 unspecified atom stereocenters. The van der Waals surface area contributed by atoms with E-state index >= 15 is 0 Å². The van der Waals surface area contributed by atoms with Crippen LogP contribution in [0.4, 0.5) is 0 Å². The Hall–Kier alpha value is -1.12. The molecule has 1 N–H and O–H groups in total. The first-order valence-corrected chi connectivity index (χ1v) is 7.85. The molecule has 0 fully saturated rings. The smallest absolute Gasteiger partial charge is 0.0391 e. The highest BCUT2D eigenvalue weighted by molar-refractivity contribution is 7.10. The summed E-state index contributed by atoms with van der Waals surface area (Å²) in [6.07, 6.45) is 0. The minimum Gasteiger partial charge on any atom is -0.303 e. The van der Waals surface area contributed by atoms with Crippen molar-refractivity contribution in [2.75, 3.05) is 0 Å². The van der Waals surface area contributed by atoms with Gasteiger partial charge in [-0.1, -0.05) is 44.2 Å². The van der Waals surface area contributed by atoms with E-state index in [9.17, 15) is 0 Å². The first kappa shape index (κ1) is 14.3. The van der Waals surface area contributed by atoms with E-state index in [1.807, 2.05) is 11.3 Å². The van der Waals surface area contributed by atoms with Crippen molar-refractivity contribution in [3.63, 3.8) is 0 Å². The highest BCUT2D eigenvalue weighted by atomic mass is 32.1. The van der Waals surface area contributed by atoms with Crippen LogP contribution in [0.25, 0.3) is 0 Å². The maximum Gasteiger partial charge on any atom is 0.0391 e. The molecule has 2 heteroatoms. The number of benzene rings is 1. The second-order valence-electron chi connectivity index (χ2n) is 5.45. The number of hydrogen-bond donors (Lipinski definition) is 1. The molecular formula is C17H23NS. The maximum atomic E-state index is 3.66. The van der Waals surface area contributed by atoms with Crippen LogP contribution in [0.5, 0.6) is 0 Å². The van der Waals surface area contributed by atoms with Crippen molar-refractivity contribution in [2.45, 2.75) is 45.7 Å². The van der Waals surface area contributed by atoms with E-state index in [1.165, 1.54) is 16.0 Å². The maximum absolute atomic E-state index is 3.66. The molecule has 0 aliphatic rings. The predicted octanol–water partition coefficient (Wildman–Crippen LogP) is 5.28. The lowest BCUT2D eigenvalue weighted by Gasteiger charge is -2.20. The Labute approximate surface area is 120 Å². The largest absolute Gasteiger partial charge is 0.303 e. The van der Waals surface area contributed by atoms with Crippen molar-refractivity contribution >= 4 is 11.3 Å². The number of nitrogens with one attached hydrogen (secondary N) is 1. The topological polar surface area (TPSA) is 12.0 Å². The van der Waals surface area contributed by atoms with E-state index in [4.69, 9.17) is 0 Å². The zero-order valence-corrected chi connectivity index (χ0v) is 13.0. The first-order chi connectivity index (χ1) is 9.08. The van der Waals surface area contributed by atoms with Gasteiger partial charge in [-0.3, -0.25) is 0 Å². The Morgan fingerprint density at radius 3 is 2.00 bits per heavy atom. The van der Waals surface area contributed by atoms with Gasteiger partial charge in [0.1, 0.15) is 0 Å². The quantitative estimate of drug-likeness (QED) is 0.781. The second kappa shape index (κ2) is 6.36. The first-order valence-electron chi connectivity index (χ1n) is 6.97. The molecule has 1 heterocycles. The lowest BCUT2D eigenvalue weighted by molar-refractivity contribution is 0.500. The van der Waals surface area contributed by atoms with Crippen LogP contribution < -0.4 is 5.32 Å². The molecule has 2 atom stereocenters. The molecule has 0 bridgehead atoms. The standard InChI is InChI=1S/C17H23NS/c1-12(2)15-7-9-16(10-8-15)13(3)18-14(4)17-6-5-11-19-17/h5-14,18H,1-4H3/t13?,14-/m1/s1. The third-order valence-electron chi connectivity index (χ3n) is 3.57. The van der Waals surface area contributed by atoms with Gasteiger partial charge in [0.2, 0.25) is 0 Å². The Balaban J connectivity index is 2.01. The average molecular weight is 273 g/mol. The molecule has 1 nitrogen and oxygen atoms in total. The molecule has 102 valence electrons. The van der Waals surface area contributed by atoms with Gasteiger partial charge < -0.3 is 5.32 Å². The molecule has 19 heavy (non-hydrogen) atoms. The van der Waals surface area contributed by atoms with Crippen LogP contribution in [-0.4, -0.2) is 0 Å². The molecular weight excluding hydrogens is 250 g/mol. The highest BCUT2D eigenvalue weighted by Crippen LogP contribution is 2.23. The Kier molecular flexibility index (Phi) is 4.78. The number of hydrogen-bond acceptors (Lipinski definition) is 2. The number of thiophene rings is 1. The van der Waals surface area contributed by atoms with Crippen LogP contribution in [0.1, 0.15) is 61.7 Å². The van der Waals surface area contributed by atoms with Gasteiger partial charge in [0.25, 0.3) is 0 Å². The van der Waals surface area contributed by atoms with E-state index < -0.39 is 0 Å². The molecule has 1 aromatic heterocycles. The van der Waals surface area contributed by atoms with Crippen LogP contribution >= 0.6 is 11.3 Å². The second-order valence-corrected chi connectivity index (χ2v) is 6.43. The van der Waals surface area contributed by atoms with Crippen LogP contribution in [-0.2, 0) is 0 Å². The minimum absolute atomic E-state index is 0.373. The number of rotatable bonds is 5. The zero-order chi connectivity index (χ0) is 13.8. The summed E-state index contributed by atoms with van der Waals surface area (Å²) in [6.45, 7) is 8.92. The molecule has 1 aromatic carbocycles. The fourth-order valence-electron chi connectivity index (χ4n) is 2.26. The van der Waals surface area contributed by atoms with Gasteiger partial charge in [-0.2, -0.15) is 0 Å². The van der Waals surface area contributed by atoms with E-state index in [-0.39, 0.29) is 0 Å². The Morgan fingerprint density at radius 2 is 1.47 bits per heavy atom. The molecule has 0 aliphatic carbocycles. The van der Waals surface area contributed by atoms with Gasteiger partial charge in [0.05, 0.1) is 0 Å². The van der Waals surface area contributed by atoms with Crippen LogP contribution in [0.2, 0.25) is 0 Å². The van der Waals surface area contributed by atoms with Gasteiger partial charge in [0, 0.05) is 17.0 Å². The third kappa shape index (κ3) is 3.68. The fraction of sp³-hybridized carbons (Fsp3) is 0.412. The van der Waals surface area contributed by atoms with Gasteiger partial charge in [-0.15, -0.1) is 11.3 Å². The van der Waals surface area contributed by atoms with E-state index in [1.54, 1.807) is 0 Å². The average Bonchev–Trinajstić information content (AvgIpc) is 2.92. The fourth-order valence-corrected chi connectivity index (χ4v) is 3.00. The Morgan fingerprint density at radius 1 is 0.842 bits per heavy atom. The molecule has 0 amide bonds. The Bertz CT molecular complexity index is 484. The van der Waals surface area contributed by atoms with E-state index in [0.717, 1.165) is 0 Å². The molecule has 2 aromatic rings. The van der Waals surface area contributed by atoms with Crippen LogP contribution in [0.3, 0.4) is 0 Å². The molecule has 0 saturated heterocycles. The van der Waals surface area contributed by atoms with E-state index in [0.29, 0.717) is 18.0 Å².